The lowest BCUT2D eigenvalue weighted by Gasteiger charge is -1.94. The van der Waals surface area contributed by atoms with Crippen molar-refractivity contribution < 1.29 is 21.2 Å². The van der Waals surface area contributed by atoms with Gasteiger partial charge < -0.3 is 4.98 Å². The third kappa shape index (κ3) is 3.07. The second-order valence-electron chi connectivity index (χ2n) is 3.58. The Hall–Kier alpha value is -0.880. The molecule has 0 saturated carbocycles. The van der Waals surface area contributed by atoms with Crippen molar-refractivity contribution in [2.24, 2.45) is 0 Å². The predicted octanol–water partition coefficient (Wildman–Crippen LogP) is -0.831. The van der Waals surface area contributed by atoms with Gasteiger partial charge in [-0.3, -0.25) is 4.79 Å². The molecule has 0 aliphatic carbocycles. The van der Waals surface area contributed by atoms with Gasteiger partial charge in [-0.05, 0) is 38.1 Å². The summed E-state index contributed by atoms with van der Waals surface area (Å²) in [6.45, 7) is 3.67. The van der Waals surface area contributed by atoms with Crippen LogP contribution in [0.1, 0.15) is 11.5 Å². The summed E-state index contributed by atoms with van der Waals surface area (Å²) in [6, 6.07) is 7.63. The number of H-pyrrole nitrogens is 1. The highest BCUT2D eigenvalue weighted by Gasteiger charge is 2.23. The third-order valence-corrected chi connectivity index (χ3v) is 5.56. The molecule has 0 radical (unpaired) electrons. The zero-order valence-electron chi connectivity index (χ0n) is 9.42. The Kier molecular flexibility index (Phi) is 3.83. The maximum atomic E-state index is 11.8. The van der Waals surface area contributed by atoms with Gasteiger partial charge in [-0.15, -0.1) is 0 Å². The molecule has 0 spiro atoms. The molecule has 3 nitrogen and oxygen atoms in total. The summed E-state index contributed by atoms with van der Waals surface area (Å²) in [6.07, 6.45) is 0. The molecule has 1 aromatic heterocycles. The van der Waals surface area contributed by atoms with Crippen molar-refractivity contribution in [3.8, 4) is 0 Å². The molecular formula is C12H11ClIN2O+. The number of rotatable bonds is 2. The molecular weight excluding hydrogens is 351 g/mol. The molecule has 2 aromatic rings. The lowest BCUT2D eigenvalue weighted by molar-refractivity contribution is -0.600. The maximum absolute atomic E-state index is 11.8. The van der Waals surface area contributed by atoms with E-state index in [4.69, 9.17) is 11.6 Å². The topological polar surface area (TPSA) is 45.8 Å². The largest absolute Gasteiger partial charge is 0.366 e. The minimum Gasteiger partial charge on any atom is -0.307 e. The smallest absolute Gasteiger partial charge is 0.307 e. The second-order valence-corrected chi connectivity index (χ2v) is 6.88. The first-order valence-electron chi connectivity index (χ1n) is 5.04. The summed E-state index contributed by atoms with van der Waals surface area (Å²) >= 11 is 5.32. The summed E-state index contributed by atoms with van der Waals surface area (Å²) in [5, 5.41) is 0.713. The predicted molar refractivity (Wildman–Crippen MR) is 63.2 cm³/mol. The summed E-state index contributed by atoms with van der Waals surface area (Å²) in [5.74, 6) is 0.663. The summed E-state index contributed by atoms with van der Waals surface area (Å²) < 4.78 is 1.98. The van der Waals surface area contributed by atoms with Gasteiger partial charge in [0, 0.05) is 5.02 Å². The van der Waals surface area contributed by atoms with Gasteiger partial charge in [0.15, 0.2) is 3.57 Å². The SMILES string of the molecule is Cc1nc(C)c([I+]c2ccc(Cl)cc2)c(=O)[nH]1. The van der Waals surface area contributed by atoms with E-state index in [2.05, 4.69) is 9.97 Å². The van der Waals surface area contributed by atoms with Crippen LogP contribution >= 0.6 is 11.6 Å². The quantitative estimate of drug-likeness (QED) is 0.710. The van der Waals surface area contributed by atoms with Gasteiger partial charge >= 0.3 is 26.8 Å². The first-order valence-corrected chi connectivity index (χ1v) is 7.58. The number of hydrogen-bond donors (Lipinski definition) is 1. The zero-order chi connectivity index (χ0) is 12.4. The molecule has 5 heteroatoms. The molecule has 0 unspecified atom stereocenters. The molecule has 2 rings (SSSR count). The highest BCUT2D eigenvalue weighted by molar-refractivity contribution is 6.30. The van der Waals surface area contributed by atoms with Gasteiger partial charge in [0.2, 0.25) is 0 Å². The summed E-state index contributed by atoms with van der Waals surface area (Å²) in [4.78, 5) is 18.9. The van der Waals surface area contributed by atoms with E-state index in [1.807, 2.05) is 31.2 Å². The Morgan fingerprint density at radius 2 is 1.88 bits per heavy atom. The Labute approximate surface area is 115 Å². The molecule has 0 bridgehead atoms. The van der Waals surface area contributed by atoms with Crippen LogP contribution in [0, 0.1) is 21.0 Å². The Bertz CT molecular complexity index is 592. The number of nitrogens with zero attached hydrogens (tertiary/aromatic N) is 1. The highest BCUT2D eigenvalue weighted by Crippen LogP contribution is 2.04. The second kappa shape index (κ2) is 5.18. The zero-order valence-corrected chi connectivity index (χ0v) is 12.3. The molecule has 1 N–H and O–H groups in total. The number of nitrogens with one attached hydrogen (secondary N) is 1. The van der Waals surface area contributed by atoms with Crippen LogP contribution in [-0.2, 0) is 0 Å². The van der Waals surface area contributed by atoms with Gasteiger partial charge in [-0.1, -0.05) is 11.6 Å². The van der Waals surface area contributed by atoms with E-state index >= 15 is 0 Å². The van der Waals surface area contributed by atoms with Crippen LogP contribution in [-0.4, -0.2) is 9.97 Å². The van der Waals surface area contributed by atoms with Crippen LogP contribution in [0.4, 0.5) is 0 Å². The lowest BCUT2D eigenvalue weighted by atomic mass is 10.4. The number of benzene rings is 1. The van der Waals surface area contributed by atoms with Crippen molar-refractivity contribution in [1.82, 2.24) is 9.97 Å². The number of aromatic amines is 1. The fourth-order valence-electron chi connectivity index (χ4n) is 1.43. The highest BCUT2D eigenvalue weighted by atomic mass is 127. The van der Waals surface area contributed by atoms with Crippen LogP contribution in [0.2, 0.25) is 5.02 Å². The first-order chi connectivity index (χ1) is 8.06. The molecule has 17 heavy (non-hydrogen) atoms. The number of aryl methyl sites for hydroxylation is 2. The molecule has 0 aliphatic rings. The van der Waals surface area contributed by atoms with Gasteiger partial charge in [-0.25, -0.2) is 4.98 Å². The molecule has 0 atom stereocenters. The van der Waals surface area contributed by atoms with Crippen LogP contribution in [0.5, 0.6) is 0 Å². The summed E-state index contributed by atoms with van der Waals surface area (Å²) in [5.41, 5.74) is 0.812. The Balaban J connectivity index is 2.36. The van der Waals surface area contributed by atoms with Crippen molar-refractivity contribution in [1.29, 1.82) is 0 Å². The fraction of sp³-hybridized carbons (Fsp3) is 0.167. The Morgan fingerprint density at radius 3 is 2.47 bits per heavy atom. The molecule has 0 fully saturated rings. The Morgan fingerprint density at radius 1 is 1.24 bits per heavy atom. The van der Waals surface area contributed by atoms with Crippen LogP contribution in [0.3, 0.4) is 0 Å². The van der Waals surface area contributed by atoms with Gasteiger partial charge in [-0.2, -0.15) is 0 Å². The summed E-state index contributed by atoms with van der Waals surface area (Å²) in [7, 11) is 0. The van der Waals surface area contributed by atoms with Crippen LogP contribution in [0.15, 0.2) is 29.1 Å². The van der Waals surface area contributed by atoms with Gasteiger partial charge in [0.05, 0.1) is 5.69 Å². The minimum atomic E-state index is -0.505. The van der Waals surface area contributed by atoms with Gasteiger partial charge in [0.25, 0.3) is 3.57 Å². The molecule has 0 saturated heterocycles. The maximum Gasteiger partial charge on any atom is 0.366 e. The molecule has 0 aliphatic heterocycles. The van der Waals surface area contributed by atoms with E-state index in [1.54, 1.807) is 6.92 Å². The minimum absolute atomic E-state index is 0.0160. The van der Waals surface area contributed by atoms with E-state index < -0.39 is 21.2 Å². The van der Waals surface area contributed by atoms with Crippen molar-refractivity contribution in [2.45, 2.75) is 13.8 Å². The lowest BCUT2D eigenvalue weighted by Crippen LogP contribution is -3.62. The average Bonchev–Trinajstić information content (AvgIpc) is 2.26. The average molecular weight is 362 g/mol. The monoisotopic (exact) mass is 361 g/mol. The van der Waals surface area contributed by atoms with Crippen molar-refractivity contribution >= 4 is 11.6 Å². The van der Waals surface area contributed by atoms with Crippen molar-refractivity contribution in [3.05, 3.63) is 58.3 Å². The molecule has 0 amide bonds. The van der Waals surface area contributed by atoms with Crippen molar-refractivity contribution in [2.75, 3.05) is 0 Å². The van der Waals surface area contributed by atoms with E-state index in [0.29, 0.717) is 10.8 Å². The fourth-order valence-corrected chi connectivity index (χ4v) is 3.78. The van der Waals surface area contributed by atoms with E-state index in [9.17, 15) is 4.79 Å². The molecule has 88 valence electrons. The number of hydrogen-bond acceptors (Lipinski definition) is 2. The number of aromatic nitrogens is 2. The van der Waals surface area contributed by atoms with Crippen LogP contribution in [0.25, 0.3) is 0 Å². The standard InChI is InChI=1S/C12H10ClIN2O/c1-7-11(12(17)16-8(2)15-7)14-10-5-3-9(13)4-6-10/h3-6H,1-2H3/p+1. The van der Waals surface area contributed by atoms with Crippen molar-refractivity contribution in [3.63, 3.8) is 0 Å². The number of halogens is 2. The van der Waals surface area contributed by atoms with E-state index in [1.165, 1.54) is 0 Å². The van der Waals surface area contributed by atoms with Gasteiger partial charge in [0.1, 0.15) is 5.82 Å². The van der Waals surface area contributed by atoms with E-state index in [0.717, 1.165) is 12.8 Å². The molecule has 1 aromatic carbocycles. The normalized spacial score (nSPS) is 10.5. The first kappa shape index (κ1) is 12.6. The van der Waals surface area contributed by atoms with Crippen LogP contribution < -0.4 is 26.8 Å². The van der Waals surface area contributed by atoms with E-state index in [-0.39, 0.29) is 5.56 Å². The molecule has 1 heterocycles. The third-order valence-electron chi connectivity index (χ3n) is 2.15.